The predicted octanol–water partition coefficient (Wildman–Crippen LogP) is 3.34. The minimum atomic E-state index is 0.0531. The minimum absolute atomic E-state index is 0.0531. The fourth-order valence-corrected chi connectivity index (χ4v) is 2.53. The van der Waals surface area contributed by atoms with Gasteiger partial charge < -0.3 is 10.2 Å². The molecule has 0 bridgehead atoms. The van der Waals surface area contributed by atoms with E-state index in [1.165, 1.54) is 17.3 Å². The molecule has 1 heterocycles. The molecule has 2 aromatic rings. The van der Waals surface area contributed by atoms with Crippen molar-refractivity contribution in [1.29, 1.82) is 0 Å². The van der Waals surface area contributed by atoms with Gasteiger partial charge in [0.15, 0.2) is 6.04 Å². The second kappa shape index (κ2) is 7.11. The number of hydrogen-bond acceptors (Lipinski definition) is 4. The van der Waals surface area contributed by atoms with Crippen LogP contribution in [0.15, 0.2) is 33.9 Å². The monoisotopic (exact) mass is 312 g/mol. The lowest BCUT2D eigenvalue weighted by atomic mass is 10.0. The van der Waals surface area contributed by atoms with E-state index in [1.807, 2.05) is 24.3 Å². The average molecular weight is 313 g/mol. The lowest BCUT2D eigenvalue weighted by molar-refractivity contribution is -0.444. The lowest BCUT2D eigenvalue weighted by Crippen LogP contribution is -2.56. The van der Waals surface area contributed by atoms with Crippen LogP contribution in [-0.2, 0) is 5.75 Å². The van der Waals surface area contributed by atoms with Gasteiger partial charge in [-0.3, -0.25) is 0 Å². The van der Waals surface area contributed by atoms with Crippen LogP contribution in [0.4, 0.5) is 0 Å². The molecule has 2 unspecified atom stereocenters. The van der Waals surface area contributed by atoms with Gasteiger partial charge in [0.25, 0.3) is 11.1 Å². The molecule has 0 amide bonds. The summed E-state index contributed by atoms with van der Waals surface area (Å²) in [6.07, 6.45) is 1.05. The van der Waals surface area contributed by atoms with Crippen molar-refractivity contribution in [3.63, 3.8) is 0 Å². The maximum atomic E-state index is 5.86. The van der Waals surface area contributed by atoms with Crippen LogP contribution in [0, 0.1) is 5.92 Å². The molecule has 0 aliphatic carbocycles. The number of quaternary nitrogens is 1. The van der Waals surface area contributed by atoms with E-state index in [1.54, 1.807) is 0 Å². The summed E-state index contributed by atoms with van der Waals surface area (Å²) in [6, 6.07) is 7.81. The highest BCUT2D eigenvalue weighted by molar-refractivity contribution is 7.98. The average Bonchev–Trinajstić information content (AvgIpc) is 2.94. The smallest absolute Gasteiger partial charge is 0.277 e. The molecule has 3 N–H and O–H groups in total. The fourth-order valence-electron chi connectivity index (χ4n) is 1.68. The summed E-state index contributed by atoms with van der Waals surface area (Å²) in [5.74, 6) is 1.84. The van der Waals surface area contributed by atoms with Gasteiger partial charge in [0.2, 0.25) is 0 Å². The number of benzene rings is 1. The second-order valence-corrected chi connectivity index (χ2v) is 6.18. The number of rotatable bonds is 6. The molecular formula is C14H19ClN3OS+. The Hall–Kier alpha value is -1.04. The first-order valence-electron chi connectivity index (χ1n) is 6.64. The van der Waals surface area contributed by atoms with Crippen LogP contribution in [0.3, 0.4) is 0 Å². The molecule has 20 heavy (non-hydrogen) atoms. The second-order valence-electron chi connectivity index (χ2n) is 4.81. The summed E-state index contributed by atoms with van der Waals surface area (Å²) in [7, 11) is 0. The van der Waals surface area contributed by atoms with E-state index in [0.29, 0.717) is 17.0 Å². The molecule has 2 rings (SSSR count). The van der Waals surface area contributed by atoms with Crippen molar-refractivity contribution in [2.45, 2.75) is 37.3 Å². The highest BCUT2D eigenvalue weighted by Gasteiger charge is 2.23. The Kier molecular flexibility index (Phi) is 5.46. The van der Waals surface area contributed by atoms with Crippen LogP contribution in [0.25, 0.3) is 0 Å². The van der Waals surface area contributed by atoms with Gasteiger partial charge in [0.05, 0.1) is 0 Å². The van der Waals surface area contributed by atoms with Crippen molar-refractivity contribution >= 4 is 23.4 Å². The van der Waals surface area contributed by atoms with E-state index in [2.05, 4.69) is 29.8 Å². The van der Waals surface area contributed by atoms with Crippen molar-refractivity contribution in [3.8, 4) is 0 Å². The summed E-state index contributed by atoms with van der Waals surface area (Å²) in [6.45, 7) is 4.28. The summed E-state index contributed by atoms with van der Waals surface area (Å²) in [4.78, 5) is 0. The third-order valence-corrected chi connectivity index (χ3v) is 4.49. The van der Waals surface area contributed by atoms with Gasteiger partial charge in [0.1, 0.15) is 0 Å². The normalized spacial score (nSPS) is 14.2. The van der Waals surface area contributed by atoms with Crippen molar-refractivity contribution in [2.75, 3.05) is 0 Å². The summed E-state index contributed by atoms with van der Waals surface area (Å²) >= 11 is 7.38. The summed E-state index contributed by atoms with van der Waals surface area (Å²) < 4.78 is 5.67. The maximum absolute atomic E-state index is 5.86. The lowest BCUT2D eigenvalue weighted by Gasteiger charge is -2.09. The first-order chi connectivity index (χ1) is 9.60. The van der Waals surface area contributed by atoms with Gasteiger partial charge >= 0.3 is 0 Å². The first kappa shape index (κ1) is 15.4. The fraction of sp³-hybridized carbons (Fsp3) is 0.429. The maximum Gasteiger partial charge on any atom is 0.277 e. The third kappa shape index (κ3) is 3.98. The predicted molar refractivity (Wildman–Crippen MR) is 80.4 cm³/mol. The third-order valence-electron chi connectivity index (χ3n) is 3.35. The van der Waals surface area contributed by atoms with E-state index in [9.17, 15) is 0 Å². The molecule has 0 fully saturated rings. The highest BCUT2D eigenvalue weighted by Crippen LogP contribution is 2.25. The van der Waals surface area contributed by atoms with Crippen molar-refractivity contribution < 1.29 is 10.2 Å². The van der Waals surface area contributed by atoms with Crippen LogP contribution >= 0.6 is 23.4 Å². The Balaban J connectivity index is 1.94. The Morgan fingerprint density at radius 1 is 1.30 bits per heavy atom. The molecule has 0 spiro atoms. The van der Waals surface area contributed by atoms with Crippen LogP contribution in [0.5, 0.6) is 0 Å². The Bertz CT molecular complexity index is 544. The SMILES string of the molecule is CCC(C)C([NH3+])c1nnc(SCc2ccc(Cl)cc2)o1. The largest absolute Gasteiger partial charge is 0.410 e. The first-order valence-corrected chi connectivity index (χ1v) is 8.00. The minimum Gasteiger partial charge on any atom is -0.410 e. The molecule has 108 valence electrons. The zero-order chi connectivity index (χ0) is 14.5. The molecule has 0 aliphatic heterocycles. The van der Waals surface area contributed by atoms with Crippen LogP contribution in [-0.4, -0.2) is 10.2 Å². The van der Waals surface area contributed by atoms with E-state index in [0.717, 1.165) is 17.2 Å². The summed E-state index contributed by atoms with van der Waals surface area (Å²) in [5, 5.41) is 9.49. The van der Waals surface area contributed by atoms with Crippen molar-refractivity contribution in [3.05, 3.63) is 40.7 Å². The number of hydrogen-bond donors (Lipinski definition) is 1. The zero-order valence-corrected chi connectivity index (χ0v) is 13.2. The van der Waals surface area contributed by atoms with Crippen LogP contribution in [0.2, 0.25) is 5.02 Å². The van der Waals surface area contributed by atoms with E-state index in [-0.39, 0.29) is 6.04 Å². The number of nitrogens with zero attached hydrogens (tertiary/aromatic N) is 2. The van der Waals surface area contributed by atoms with Crippen LogP contribution in [0.1, 0.15) is 37.8 Å². The van der Waals surface area contributed by atoms with E-state index < -0.39 is 0 Å². The Morgan fingerprint density at radius 3 is 2.65 bits per heavy atom. The molecule has 0 saturated carbocycles. The molecule has 1 aromatic carbocycles. The quantitative estimate of drug-likeness (QED) is 0.831. The Labute approximate surface area is 128 Å². The van der Waals surface area contributed by atoms with E-state index >= 15 is 0 Å². The molecule has 0 saturated heterocycles. The molecule has 1 aromatic heterocycles. The Morgan fingerprint density at radius 2 is 2.00 bits per heavy atom. The van der Waals surface area contributed by atoms with Crippen molar-refractivity contribution in [1.82, 2.24) is 10.2 Å². The number of thioether (sulfide) groups is 1. The zero-order valence-electron chi connectivity index (χ0n) is 11.7. The van der Waals surface area contributed by atoms with Gasteiger partial charge in [-0.05, 0) is 24.1 Å². The summed E-state index contributed by atoms with van der Waals surface area (Å²) in [5.41, 5.74) is 5.27. The molecular weight excluding hydrogens is 294 g/mol. The highest BCUT2D eigenvalue weighted by atomic mass is 35.5. The molecule has 0 aliphatic rings. The molecule has 0 radical (unpaired) electrons. The van der Waals surface area contributed by atoms with Crippen LogP contribution < -0.4 is 5.73 Å². The molecule has 2 atom stereocenters. The van der Waals surface area contributed by atoms with Gasteiger partial charge in [-0.15, -0.1) is 10.2 Å². The van der Waals surface area contributed by atoms with Gasteiger partial charge in [-0.25, -0.2) is 0 Å². The number of halogens is 1. The number of aromatic nitrogens is 2. The molecule has 6 heteroatoms. The topological polar surface area (TPSA) is 66.6 Å². The van der Waals surface area contributed by atoms with Crippen molar-refractivity contribution in [2.24, 2.45) is 5.92 Å². The van der Waals surface area contributed by atoms with Gasteiger partial charge in [-0.2, -0.15) is 0 Å². The molecule has 4 nitrogen and oxygen atoms in total. The van der Waals surface area contributed by atoms with Gasteiger partial charge in [0, 0.05) is 16.7 Å². The standard InChI is InChI=1S/C14H18ClN3OS/c1-3-9(2)12(16)13-17-18-14(19-13)20-8-10-4-6-11(15)7-5-10/h4-7,9,12H,3,8,16H2,1-2H3/p+1. The van der Waals surface area contributed by atoms with E-state index in [4.69, 9.17) is 16.0 Å². The van der Waals surface area contributed by atoms with Gasteiger partial charge in [-0.1, -0.05) is 49.3 Å².